The molecule has 102 valence electrons. The number of aromatic nitrogens is 2. The number of imidazole rings is 1. The molecular formula is C16H17N3O. The van der Waals surface area contributed by atoms with Crippen molar-refractivity contribution in [3.63, 3.8) is 0 Å². The van der Waals surface area contributed by atoms with E-state index in [4.69, 9.17) is 4.74 Å². The number of hydrogen-bond acceptors (Lipinski definition) is 3. The second-order valence-corrected chi connectivity index (χ2v) is 4.93. The highest BCUT2D eigenvalue weighted by molar-refractivity contribution is 5.79. The number of nitrogens with zero attached hydrogens (tertiary/aromatic N) is 1. The zero-order valence-electron chi connectivity index (χ0n) is 11.8. The summed E-state index contributed by atoms with van der Waals surface area (Å²) >= 11 is 0. The van der Waals surface area contributed by atoms with Crippen molar-refractivity contribution >= 4 is 22.7 Å². The van der Waals surface area contributed by atoms with Crippen LogP contribution < -0.4 is 10.1 Å². The van der Waals surface area contributed by atoms with Gasteiger partial charge in [-0.15, -0.1) is 0 Å². The number of aromatic amines is 1. The molecule has 0 saturated carbocycles. The van der Waals surface area contributed by atoms with Gasteiger partial charge in [0.15, 0.2) is 0 Å². The van der Waals surface area contributed by atoms with E-state index in [9.17, 15) is 0 Å². The minimum atomic E-state index is 0.717. The summed E-state index contributed by atoms with van der Waals surface area (Å²) in [4.78, 5) is 7.81. The molecule has 1 heterocycles. The Morgan fingerprint density at radius 2 is 1.80 bits per heavy atom. The lowest BCUT2D eigenvalue weighted by Crippen LogP contribution is -1.96. The molecule has 20 heavy (non-hydrogen) atoms. The van der Waals surface area contributed by atoms with E-state index in [0.29, 0.717) is 0 Å². The van der Waals surface area contributed by atoms with Gasteiger partial charge in [-0.3, -0.25) is 0 Å². The van der Waals surface area contributed by atoms with Gasteiger partial charge in [-0.1, -0.05) is 12.1 Å². The van der Waals surface area contributed by atoms with E-state index in [2.05, 4.69) is 34.3 Å². The topological polar surface area (TPSA) is 49.9 Å². The number of aryl methyl sites for hydroxylation is 2. The summed E-state index contributed by atoms with van der Waals surface area (Å²) in [6.45, 7) is 4.11. The molecule has 0 saturated heterocycles. The molecule has 1 aromatic heterocycles. The Bertz CT molecular complexity index is 762. The van der Waals surface area contributed by atoms with Gasteiger partial charge >= 0.3 is 0 Å². The van der Waals surface area contributed by atoms with Crippen LogP contribution in [0, 0.1) is 13.8 Å². The van der Waals surface area contributed by atoms with Crippen molar-refractivity contribution in [2.24, 2.45) is 0 Å². The molecule has 0 radical (unpaired) electrons. The van der Waals surface area contributed by atoms with E-state index in [0.717, 1.165) is 28.4 Å². The van der Waals surface area contributed by atoms with Gasteiger partial charge in [0.05, 0.1) is 23.8 Å². The molecule has 2 N–H and O–H groups in total. The first-order valence-electron chi connectivity index (χ1n) is 6.54. The molecule has 0 unspecified atom stereocenters. The summed E-state index contributed by atoms with van der Waals surface area (Å²) in [5.74, 6) is 1.52. The lowest BCUT2D eigenvalue weighted by atomic mass is 10.2. The second-order valence-electron chi connectivity index (χ2n) is 4.93. The zero-order valence-corrected chi connectivity index (χ0v) is 11.8. The number of benzene rings is 2. The molecule has 0 aliphatic heterocycles. The molecule has 0 atom stereocenters. The number of ether oxygens (including phenoxy) is 1. The third-order valence-electron chi connectivity index (χ3n) is 3.25. The Morgan fingerprint density at radius 3 is 2.60 bits per heavy atom. The van der Waals surface area contributed by atoms with Gasteiger partial charge < -0.3 is 15.0 Å². The largest absolute Gasteiger partial charge is 0.495 e. The molecule has 4 nitrogen and oxygen atoms in total. The first-order valence-corrected chi connectivity index (χ1v) is 6.54. The first-order chi connectivity index (χ1) is 9.65. The van der Waals surface area contributed by atoms with Crippen LogP contribution in [0.1, 0.15) is 11.1 Å². The van der Waals surface area contributed by atoms with E-state index in [1.54, 1.807) is 7.11 Å². The molecule has 0 fully saturated rings. The number of nitrogens with one attached hydrogen (secondary N) is 2. The number of anilines is 2. The lowest BCUT2D eigenvalue weighted by Gasteiger charge is -2.09. The van der Waals surface area contributed by atoms with Crippen molar-refractivity contribution < 1.29 is 4.74 Å². The van der Waals surface area contributed by atoms with E-state index in [-0.39, 0.29) is 0 Å². The Hall–Kier alpha value is -2.49. The van der Waals surface area contributed by atoms with Crippen LogP contribution in [-0.2, 0) is 0 Å². The number of rotatable bonds is 3. The van der Waals surface area contributed by atoms with Crippen molar-refractivity contribution in [3.8, 4) is 5.75 Å². The summed E-state index contributed by atoms with van der Waals surface area (Å²) in [5.41, 5.74) is 5.26. The van der Waals surface area contributed by atoms with Crippen LogP contribution in [-0.4, -0.2) is 17.1 Å². The maximum atomic E-state index is 5.36. The molecule has 3 rings (SSSR count). The van der Waals surface area contributed by atoms with Crippen molar-refractivity contribution in [2.45, 2.75) is 13.8 Å². The summed E-state index contributed by atoms with van der Waals surface area (Å²) in [7, 11) is 1.66. The van der Waals surface area contributed by atoms with Crippen LogP contribution in [0.5, 0.6) is 5.75 Å². The van der Waals surface area contributed by atoms with Gasteiger partial charge in [0, 0.05) is 0 Å². The predicted octanol–water partition coefficient (Wildman–Crippen LogP) is 3.93. The smallest absolute Gasteiger partial charge is 0.205 e. The number of fused-ring (bicyclic) bond motifs is 1. The average Bonchev–Trinajstić information content (AvgIpc) is 2.80. The number of H-pyrrole nitrogens is 1. The van der Waals surface area contributed by atoms with Crippen molar-refractivity contribution in [1.29, 1.82) is 0 Å². The summed E-state index contributed by atoms with van der Waals surface area (Å²) in [5, 5.41) is 3.28. The Labute approximate surface area is 117 Å². The maximum absolute atomic E-state index is 5.36. The fraction of sp³-hybridized carbons (Fsp3) is 0.188. The lowest BCUT2D eigenvalue weighted by molar-refractivity contribution is 0.416. The monoisotopic (exact) mass is 267 g/mol. The van der Waals surface area contributed by atoms with Gasteiger partial charge in [-0.05, 0) is 49.2 Å². The third-order valence-corrected chi connectivity index (χ3v) is 3.25. The maximum Gasteiger partial charge on any atom is 0.205 e. The van der Waals surface area contributed by atoms with E-state index < -0.39 is 0 Å². The molecule has 0 spiro atoms. The fourth-order valence-electron chi connectivity index (χ4n) is 2.23. The van der Waals surface area contributed by atoms with Gasteiger partial charge in [0.2, 0.25) is 5.95 Å². The van der Waals surface area contributed by atoms with E-state index >= 15 is 0 Å². The molecular weight excluding hydrogens is 250 g/mol. The van der Waals surface area contributed by atoms with Crippen LogP contribution >= 0.6 is 0 Å². The normalized spacial score (nSPS) is 10.8. The second kappa shape index (κ2) is 4.89. The number of hydrogen-bond donors (Lipinski definition) is 2. The molecule has 3 aromatic rings. The zero-order chi connectivity index (χ0) is 14.1. The fourth-order valence-corrected chi connectivity index (χ4v) is 2.23. The molecule has 0 bridgehead atoms. The van der Waals surface area contributed by atoms with Crippen LogP contribution in [0.15, 0.2) is 36.4 Å². The summed E-state index contributed by atoms with van der Waals surface area (Å²) < 4.78 is 5.36. The van der Waals surface area contributed by atoms with Crippen LogP contribution in [0.4, 0.5) is 11.6 Å². The van der Waals surface area contributed by atoms with E-state index in [1.165, 1.54) is 11.1 Å². The molecule has 0 aliphatic carbocycles. The quantitative estimate of drug-likeness (QED) is 0.756. The van der Waals surface area contributed by atoms with Crippen molar-refractivity contribution in [3.05, 3.63) is 47.5 Å². The van der Waals surface area contributed by atoms with Crippen LogP contribution in [0.2, 0.25) is 0 Å². The molecule has 4 heteroatoms. The number of methoxy groups -OCH3 is 1. The Kier molecular flexibility index (Phi) is 3.06. The minimum absolute atomic E-state index is 0.717. The first kappa shape index (κ1) is 12.5. The predicted molar refractivity (Wildman–Crippen MR) is 81.8 cm³/mol. The SMILES string of the molecule is COc1ccc(C)cc1Nc1nc2ccc(C)cc2[nH]1. The highest BCUT2D eigenvalue weighted by Gasteiger charge is 2.07. The standard InChI is InChI=1S/C16H17N3O/c1-10-4-6-12-13(8-10)18-16(17-12)19-14-9-11(2)5-7-15(14)20-3/h4-9H,1-3H3,(H2,17,18,19). The summed E-state index contributed by atoms with van der Waals surface area (Å²) in [6, 6.07) is 12.2. The van der Waals surface area contributed by atoms with Gasteiger partial charge in [-0.2, -0.15) is 0 Å². The minimum Gasteiger partial charge on any atom is -0.495 e. The summed E-state index contributed by atoms with van der Waals surface area (Å²) in [6.07, 6.45) is 0. The highest BCUT2D eigenvalue weighted by atomic mass is 16.5. The van der Waals surface area contributed by atoms with Crippen LogP contribution in [0.25, 0.3) is 11.0 Å². The van der Waals surface area contributed by atoms with Crippen molar-refractivity contribution in [1.82, 2.24) is 9.97 Å². The Balaban J connectivity index is 1.98. The van der Waals surface area contributed by atoms with Crippen molar-refractivity contribution in [2.75, 3.05) is 12.4 Å². The Morgan fingerprint density at radius 1 is 1.05 bits per heavy atom. The third kappa shape index (κ3) is 2.32. The van der Waals surface area contributed by atoms with E-state index in [1.807, 2.05) is 31.2 Å². The van der Waals surface area contributed by atoms with Crippen LogP contribution in [0.3, 0.4) is 0 Å². The highest BCUT2D eigenvalue weighted by Crippen LogP contribution is 2.28. The molecule has 0 amide bonds. The van der Waals surface area contributed by atoms with Gasteiger partial charge in [0.25, 0.3) is 0 Å². The van der Waals surface area contributed by atoms with Gasteiger partial charge in [0.1, 0.15) is 5.75 Å². The molecule has 0 aliphatic rings. The molecule has 2 aromatic carbocycles. The average molecular weight is 267 g/mol. The van der Waals surface area contributed by atoms with Gasteiger partial charge in [-0.25, -0.2) is 4.98 Å².